The van der Waals surface area contributed by atoms with Crippen LogP contribution in [-0.4, -0.2) is 36.0 Å². The molecule has 1 aromatic rings. The average Bonchev–Trinajstić information content (AvgIpc) is 3.18. The zero-order chi connectivity index (χ0) is 13.8. The lowest BCUT2D eigenvalue weighted by Gasteiger charge is -2.39. The fourth-order valence-corrected chi connectivity index (χ4v) is 3.55. The van der Waals surface area contributed by atoms with Crippen LogP contribution in [0.2, 0.25) is 0 Å². The summed E-state index contributed by atoms with van der Waals surface area (Å²) in [6.45, 7) is 2.04. The molecule has 3 rings (SSSR count). The molecular weight excluding hydrogens is 252 g/mol. The van der Waals surface area contributed by atoms with Gasteiger partial charge in [-0.2, -0.15) is 0 Å². The van der Waals surface area contributed by atoms with Gasteiger partial charge in [-0.25, -0.2) is 0 Å². The number of nitrogens with one attached hydrogen (secondary N) is 1. The van der Waals surface area contributed by atoms with Gasteiger partial charge in [-0.05, 0) is 50.8 Å². The summed E-state index contributed by atoms with van der Waals surface area (Å²) < 4.78 is 5.31. The van der Waals surface area contributed by atoms with Crippen molar-refractivity contribution in [2.24, 2.45) is 0 Å². The normalized spacial score (nSPS) is 26.9. The Bertz CT molecular complexity index is 424. The molecule has 2 fully saturated rings. The minimum atomic E-state index is 0.291. The molecule has 0 radical (unpaired) electrons. The van der Waals surface area contributed by atoms with Crippen molar-refractivity contribution in [3.05, 3.63) is 24.2 Å². The minimum absolute atomic E-state index is 0.291. The van der Waals surface area contributed by atoms with Crippen LogP contribution in [0.5, 0.6) is 0 Å². The van der Waals surface area contributed by atoms with Crippen LogP contribution in [0, 0.1) is 0 Å². The summed E-state index contributed by atoms with van der Waals surface area (Å²) in [5.74, 6) is 1.20. The summed E-state index contributed by atoms with van der Waals surface area (Å²) in [6.07, 6.45) is 8.97. The van der Waals surface area contributed by atoms with Crippen molar-refractivity contribution in [2.75, 3.05) is 13.1 Å². The van der Waals surface area contributed by atoms with E-state index in [1.165, 1.54) is 19.3 Å². The number of hydrogen-bond donors (Lipinski definition) is 1. The van der Waals surface area contributed by atoms with Gasteiger partial charge in [-0.3, -0.25) is 4.79 Å². The van der Waals surface area contributed by atoms with Gasteiger partial charge in [0.2, 0.25) is 5.91 Å². The highest BCUT2D eigenvalue weighted by atomic mass is 16.3. The molecule has 0 aromatic carbocycles. The summed E-state index contributed by atoms with van der Waals surface area (Å²) in [4.78, 5) is 14.7. The van der Waals surface area contributed by atoms with Gasteiger partial charge in [0.15, 0.2) is 0 Å². The van der Waals surface area contributed by atoms with Crippen LogP contribution < -0.4 is 5.32 Å². The number of carbonyl (C=O) groups excluding carboxylic acids is 1. The second kappa shape index (κ2) is 6.44. The van der Waals surface area contributed by atoms with E-state index >= 15 is 0 Å². The van der Waals surface area contributed by atoms with Gasteiger partial charge < -0.3 is 14.6 Å². The zero-order valence-electron chi connectivity index (χ0n) is 12.0. The highest BCUT2D eigenvalue weighted by molar-refractivity contribution is 5.77. The fraction of sp³-hybridized carbons (Fsp3) is 0.688. The smallest absolute Gasteiger partial charge is 0.223 e. The van der Waals surface area contributed by atoms with E-state index in [0.29, 0.717) is 30.8 Å². The standard InChI is InChI=1S/C16H24N2O2/c19-16(9-8-13-5-4-12-20-13)18-11-2-1-7-15(18)14-6-3-10-17-14/h4-5,12,14-15,17H,1-3,6-11H2. The Balaban J connectivity index is 1.58. The third-order valence-corrected chi connectivity index (χ3v) is 4.60. The van der Waals surface area contributed by atoms with Crippen LogP contribution in [0.3, 0.4) is 0 Å². The largest absolute Gasteiger partial charge is 0.469 e. The van der Waals surface area contributed by atoms with Crippen molar-refractivity contribution in [1.29, 1.82) is 0 Å². The molecule has 0 bridgehead atoms. The molecule has 1 amide bonds. The molecule has 4 heteroatoms. The minimum Gasteiger partial charge on any atom is -0.469 e. The molecule has 1 aromatic heterocycles. The number of rotatable bonds is 4. The highest BCUT2D eigenvalue weighted by Crippen LogP contribution is 2.25. The number of carbonyl (C=O) groups is 1. The number of amides is 1. The van der Waals surface area contributed by atoms with Gasteiger partial charge in [-0.1, -0.05) is 0 Å². The second-order valence-electron chi connectivity index (χ2n) is 5.93. The van der Waals surface area contributed by atoms with E-state index in [-0.39, 0.29) is 0 Å². The van der Waals surface area contributed by atoms with E-state index in [1.54, 1.807) is 6.26 Å². The van der Waals surface area contributed by atoms with E-state index in [2.05, 4.69) is 10.2 Å². The Kier molecular flexibility index (Phi) is 4.41. The lowest BCUT2D eigenvalue weighted by molar-refractivity contribution is -0.135. The maximum Gasteiger partial charge on any atom is 0.223 e. The number of nitrogens with zero attached hydrogens (tertiary/aromatic N) is 1. The van der Waals surface area contributed by atoms with Gasteiger partial charge in [-0.15, -0.1) is 0 Å². The summed E-state index contributed by atoms with van der Waals surface area (Å²) in [6, 6.07) is 4.75. The average molecular weight is 276 g/mol. The first kappa shape index (κ1) is 13.7. The van der Waals surface area contributed by atoms with Gasteiger partial charge in [0, 0.05) is 31.5 Å². The van der Waals surface area contributed by atoms with E-state index in [0.717, 1.165) is 31.7 Å². The molecule has 20 heavy (non-hydrogen) atoms. The predicted octanol–water partition coefficient (Wildman–Crippen LogP) is 2.35. The van der Waals surface area contributed by atoms with Crippen molar-refractivity contribution in [3.8, 4) is 0 Å². The summed E-state index contributed by atoms with van der Waals surface area (Å²) in [5.41, 5.74) is 0. The Hall–Kier alpha value is -1.29. The quantitative estimate of drug-likeness (QED) is 0.918. The molecule has 2 saturated heterocycles. The number of hydrogen-bond acceptors (Lipinski definition) is 3. The van der Waals surface area contributed by atoms with Crippen molar-refractivity contribution in [3.63, 3.8) is 0 Å². The fourth-order valence-electron chi connectivity index (χ4n) is 3.55. The SMILES string of the molecule is O=C(CCc1ccco1)N1CCCCC1C1CCCN1. The Morgan fingerprint density at radius 1 is 1.35 bits per heavy atom. The maximum absolute atomic E-state index is 12.5. The monoisotopic (exact) mass is 276 g/mol. The molecule has 0 aliphatic carbocycles. The lowest BCUT2D eigenvalue weighted by atomic mass is 9.94. The molecule has 0 saturated carbocycles. The lowest BCUT2D eigenvalue weighted by Crippen LogP contribution is -2.52. The molecule has 0 spiro atoms. The molecule has 4 nitrogen and oxygen atoms in total. The molecule has 1 N–H and O–H groups in total. The molecule has 2 aliphatic heterocycles. The van der Waals surface area contributed by atoms with Crippen molar-refractivity contribution in [2.45, 2.75) is 57.0 Å². The van der Waals surface area contributed by atoms with E-state index in [9.17, 15) is 4.79 Å². The van der Waals surface area contributed by atoms with E-state index in [4.69, 9.17) is 4.42 Å². The number of piperidine rings is 1. The maximum atomic E-state index is 12.5. The van der Waals surface area contributed by atoms with Crippen LogP contribution in [-0.2, 0) is 11.2 Å². The first-order valence-electron chi connectivity index (χ1n) is 7.90. The highest BCUT2D eigenvalue weighted by Gasteiger charge is 2.33. The molecular formula is C16H24N2O2. The zero-order valence-corrected chi connectivity index (χ0v) is 12.0. The molecule has 2 atom stereocenters. The summed E-state index contributed by atoms with van der Waals surface area (Å²) in [7, 11) is 0. The molecule has 110 valence electrons. The third kappa shape index (κ3) is 3.06. The van der Waals surface area contributed by atoms with Crippen LogP contribution in [0.15, 0.2) is 22.8 Å². The van der Waals surface area contributed by atoms with Gasteiger partial charge in [0.05, 0.1) is 6.26 Å². The number of furan rings is 1. The Labute approximate surface area is 120 Å². The first-order valence-corrected chi connectivity index (χ1v) is 7.90. The predicted molar refractivity (Wildman–Crippen MR) is 77.4 cm³/mol. The summed E-state index contributed by atoms with van der Waals surface area (Å²) >= 11 is 0. The topological polar surface area (TPSA) is 45.5 Å². The second-order valence-corrected chi connectivity index (χ2v) is 5.93. The van der Waals surface area contributed by atoms with Gasteiger partial charge in [0.25, 0.3) is 0 Å². The molecule has 2 aliphatic rings. The van der Waals surface area contributed by atoms with Gasteiger partial charge in [0.1, 0.15) is 5.76 Å². The van der Waals surface area contributed by atoms with Crippen LogP contribution in [0.25, 0.3) is 0 Å². The number of aryl methyl sites for hydroxylation is 1. The van der Waals surface area contributed by atoms with Gasteiger partial charge >= 0.3 is 0 Å². The Morgan fingerprint density at radius 2 is 2.30 bits per heavy atom. The summed E-state index contributed by atoms with van der Waals surface area (Å²) in [5, 5.41) is 3.57. The molecule has 3 heterocycles. The van der Waals surface area contributed by atoms with Crippen LogP contribution in [0.4, 0.5) is 0 Å². The molecule has 2 unspecified atom stereocenters. The Morgan fingerprint density at radius 3 is 3.05 bits per heavy atom. The van der Waals surface area contributed by atoms with Crippen LogP contribution >= 0.6 is 0 Å². The van der Waals surface area contributed by atoms with Crippen molar-refractivity contribution in [1.82, 2.24) is 10.2 Å². The van der Waals surface area contributed by atoms with Crippen LogP contribution in [0.1, 0.15) is 44.3 Å². The number of likely N-dealkylation sites (tertiary alicyclic amines) is 1. The van der Waals surface area contributed by atoms with Crippen molar-refractivity contribution < 1.29 is 9.21 Å². The first-order chi connectivity index (χ1) is 9.84. The third-order valence-electron chi connectivity index (χ3n) is 4.60. The van der Waals surface area contributed by atoms with E-state index in [1.807, 2.05) is 12.1 Å². The van der Waals surface area contributed by atoms with E-state index < -0.39 is 0 Å². The van der Waals surface area contributed by atoms with Crippen molar-refractivity contribution >= 4 is 5.91 Å².